The highest BCUT2D eigenvalue weighted by atomic mass is 35.5. The summed E-state index contributed by atoms with van der Waals surface area (Å²) in [6.07, 6.45) is 1.58. The molecule has 0 unspecified atom stereocenters. The smallest absolute Gasteiger partial charge is 0.323 e. The van der Waals surface area contributed by atoms with Crippen LogP contribution in [0.1, 0.15) is 18.4 Å². The van der Waals surface area contributed by atoms with Crippen molar-refractivity contribution < 1.29 is 14.7 Å². The molecule has 4 nitrogen and oxygen atoms in total. The number of hydrogen-bond donors (Lipinski definition) is 1. The fraction of sp³-hybridized carbons (Fsp3) is 0.455. The summed E-state index contributed by atoms with van der Waals surface area (Å²) >= 11 is 13.1. The fourth-order valence-electron chi connectivity index (χ4n) is 1.46. The van der Waals surface area contributed by atoms with Crippen molar-refractivity contribution in [2.75, 3.05) is 13.6 Å². The van der Waals surface area contributed by atoms with E-state index in [1.165, 1.54) is 23.3 Å². The van der Waals surface area contributed by atoms with Gasteiger partial charge in [-0.25, -0.2) is 0 Å². The first-order valence-corrected chi connectivity index (χ1v) is 6.87. The van der Waals surface area contributed by atoms with E-state index in [9.17, 15) is 9.59 Å². The molecule has 1 aromatic heterocycles. The zero-order chi connectivity index (χ0) is 13.7. The molecule has 0 aliphatic heterocycles. The number of carbonyl (C=O) groups excluding carboxylic acids is 1. The average molecular weight is 310 g/mol. The number of amides is 1. The number of carboxylic acid groups (broad SMARTS) is 1. The first-order valence-electron chi connectivity index (χ1n) is 5.29. The molecule has 1 aromatic rings. The van der Waals surface area contributed by atoms with Gasteiger partial charge in [0.2, 0.25) is 5.91 Å². The second-order valence-corrected chi connectivity index (χ2v) is 6.13. The molecule has 1 heterocycles. The number of aliphatic carboxylic acids is 1. The Morgan fingerprint density at radius 3 is 2.61 bits per heavy atom. The molecule has 0 spiro atoms. The van der Waals surface area contributed by atoms with Gasteiger partial charge >= 0.3 is 5.97 Å². The Hall–Kier alpha value is -0.780. The molecule has 0 saturated carbocycles. The van der Waals surface area contributed by atoms with E-state index in [1.54, 1.807) is 6.07 Å². The van der Waals surface area contributed by atoms with E-state index < -0.39 is 5.97 Å². The highest BCUT2D eigenvalue weighted by molar-refractivity contribution is 7.20. The first-order chi connectivity index (χ1) is 8.40. The van der Waals surface area contributed by atoms with E-state index >= 15 is 0 Å². The first kappa shape index (κ1) is 15.3. The highest BCUT2D eigenvalue weighted by Gasteiger charge is 2.12. The molecule has 0 fully saturated rings. The summed E-state index contributed by atoms with van der Waals surface area (Å²) in [6, 6.07) is 1.79. The number of rotatable bonds is 6. The predicted octanol–water partition coefficient (Wildman–Crippen LogP) is 2.92. The lowest BCUT2D eigenvalue weighted by molar-refractivity contribution is -0.143. The normalized spacial score (nSPS) is 10.4. The van der Waals surface area contributed by atoms with Gasteiger partial charge in [-0.3, -0.25) is 9.59 Å². The number of nitrogens with zero attached hydrogens (tertiary/aromatic N) is 1. The van der Waals surface area contributed by atoms with Gasteiger partial charge in [-0.05, 0) is 24.5 Å². The molecule has 1 N–H and O–H groups in total. The highest BCUT2D eigenvalue weighted by Crippen LogP contribution is 2.32. The molecule has 0 radical (unpaired) electrons. The quantitative estimate of drug-likeness (QED) is 0.879. The van der Waals surface area contributed by atoms with Crippen molar-refractivity contribution in [2.24, 2.45) is 0 Å². The van der Waals surface area contributed by atoms with Crippen molar-refractivity contribution in [3.63, 3.8) is 0 Å². The van der Waals surface area contributed by atoms with Crippen LogP contribution in [0.15, 0.2) is 6.07 Å². The van der Waals surface area contributed by atoms with Crippen LogP contribution in [0, 0.1) is 0 Å². The molecule has 1 amide bonds. The number of carboxylic acids is 1. The predicted molar refractivity (Wildman–Crippen MR) is 72.5 cm³/mol. The van der Waals surface area contributed by atoms with Crippen molar-refractivity contribution in [3.8, 4) is 0 Å². The Bertz CT molecular complexity index is 447. The maximum Gasteiger partial charge on any atom is 0.323 e. The summed E-state index contributed by atoms with van der Waals surface area (Å²) in [5.74, 6) is -1.20. The van der Waals surface area contributed by atoms with Crippen molar-refractivity contribution in [2.45, 2.75) is 19.3 Å². The summed E-state index contributed by atoms with van der Waals surface area (Å²) in [4.78, 5) is 23.2. The lowest BCUT2D eigenvalue weighted by Crippen LogP contribution is -2.31. The van der Waals surface area contributed by atoms with Crippen LogP contribution in [0.3, 0.4) is 0 Å². The third kappa shape index (κ3) is 4.84. The van der Waals surface area contributed by atoms with E-state index in [1.807, 2.05) is 0 Å². The zero-order valence-electron chi connectivity index (χ0n) is 9.78. The van der Waals surface area contributed by atoms with E-state index in [0.29, 0.717) is 27.9 Å². The second kappa shape index (κ2) is 6.97. The molecule has 0 bridgehead atoms. The molecule has 100 valence electrons. The molecule has 7 heteroatoms. The van der Waals surface area contributed by atoms with Gasteiger partial charge in [0.25, 0.3) is 0 Å². The van der Waals surface area contributed by atoms with Crippen molar-refractivity contribution >= 4 is 46.4 Å². The Morgan fingerprint density at radius 1 is 1.44 bits per heavy atom. The van der Waals surface area contributed by atoms with Crippen LogP contribution < -0.4 is 0 Å². The fourth-order valence-corrected chi connectivity index (χ4v) is 3.00. The van der Waals surface area contributed by atoms with Gasteiger partial charge in [0, 0.05) is 13.5 Å². The second-order valence-electron chi connectivity index (χ2n) is 3.85. The van der Waals surface area contributed by atoms with Crippen molar-refractivity contribution in [3.05, 3.63) is 20.3 Å². The van der Waals surface area contributed by atoms with E-state index in [-0.39, 0.29) is 12.5 Å². The Balaban J connectivity index is 2.35. The minimum Gasteiger partial charge on any atom is -0.480 e. The summed E-state index contributed by atoms with van der Waals surface area (Å²) in [5.41, 5.74) is 0.931. The van der Waals surface area contributed by atoms with Crippen molar-refractivity contribution in [1.82, 2.24) is 4.90 Å². The lowest BCUT2D eigenvalue weighted by Gasteiger charge is -2.14. The largest absolute Gasteiger partial charge is 0.480 e. The molecule has 18 heavy (non-hydrogen) atoms. The third-order valence-corrected chi connectivity index (χ3v) is 3.93. The maximum absolute atomic E-state index is 11.6. The van der Waals surface area contributed by atoms with E-state index in [4.69, 9.17) is 28.3 Å². The van der Waals surface area contributed by atoms with Gasteiger partial charge in [-0.15, -0.1) is 11.3 Å². The molecule has 0 atom stereocenters. The minimum atomic E-state index is -1.02. The summed E-state index contributed by atoms with van der Waals surface area (Å²) in [6.45, 7) is -0.274. The molecule has 1 rings (SSSR count). The SMILES string of the molecule is CN(CC(=O)O)C(=O)CCCc1cc(Cl)sc1Cl. The number of thiophene rings is 1. The number of likely N-dealkylation sites (N-methyl/N-ethyl adjacent to an activating group) is 1. The molecule has 0 aromatic carbocycles. The van der Waals surface area contributed by atoms with Gasteiger partial charge in [-0.1, -0.05) is 23.2 Å². The van der Waals surface area contributed by atoms with Crippen LogP contribution in [0.25, 0.3) is 0 Å². The molecule has 0 aliphatic rings. The summed E-state index contributed by atoms with van der Waals surface area (Å²) in [7, 11) is 1.48. The maximum atomic E-state index is 11.6. The number of halogens is 2. The Labute approximate surface area is 119 Å². The van der Waals surface area contributed by atoms with Gasteiger partial charge in [-0.2, -0.15) is 0 Å². The zero-order valence-corrected chi connectivity index (χ0v) is 12.1. The minimum absolute atomic E-state index is 0.185. The molecular weight excluding hydrogens is 297 g/mol. The van der Waals surface area contributed by atoms with Gasteiger partial charge in [0.15, 0.2) is 0 Å². The summed E-state index contributed by atoms with van der Waals surface area (Å²) in [5, 5.41) is 8.55. The molecule has 0 aliphatic carbocycles. The van der Waals surface area contributed by atoms with Crippen LogP contribution in [-0.2, 0) is 16.0 Å². The third-order valence-electron chi connectivity index (χ3n) is 2.36. The molecular formula is C11H13Cl2NO3S. The summed E-state index contributed by atoms with van der Waals surface area (Å²) < 4.78 is 1.27. The number of carbonyl (C=O) groups is 2. The van der Waals surface area contributed by atoms with Crippen LogP contribution in [0.4, 0.5) is 0 Å². The Kier molecular flexibility index (Phi) is 5.91. The topological polar surface area (TPSA) is 57.6 Å². The Morgan fingerprint density at radius 2 is 2.11 bits per heavy atom. The molecule has 0 saturated heterocycles. The average Bonchev–Trinajstić information content (AvgIpc) is 2.56. The number of hydrogen-bond acceptors (Lipinski definition) is 3. The van der Waals surface area contributed by atoms with E-state index in [2.05, 4.69) is 0 Å². The van der Waals surface area contributed by atoms with Gasteiger partial charge in [0.1, 0.15) is 6.54 Å². The van der Waals surface area contributed by atoms with Crippen LogP contribution in [0.2, 0.25) is 8.67 Å². The van der Waals surface area contributed by atoms with Crippen LogP contribution in [-0.4, -0.2) is 35.5 Å². The monoisotopic (exact) mass is 309 g/mol. The van der Waals surface area contributed by atoms with Gasteiger partial charge < -0.3 is 10.0 Å². The van der Waals surface area contributed by atoms with Gasteiger partial charge in [0.05, 0.1) is 8.67 Å². The lowest BCUT2D eigenvalue weighted by atomic mass is 10.1. The van der Waals surface area contributed by atoms with Crippen molar-refractivity contribution in [1.29, 1.82) is 0 Å². The number of aryl methyl sites for hydroxylation is 1. The van der Waals surface area contributed by atoms with Crippen LogP contribution in [0.5, 0.6) is 0 Å². The standard InChI is InChI=1S/C11H13Cl2NO3S/c1-14(6-10(16)17)9(15)4-2-3-7-5-8(12)18-11(7)13/h5H,2-4,6H2,1H3,(H,16,17). The van der Waals surface area contributed by atoms with E-state index in [0.717, 1.165) is 5.56 Å². The van der Waals surface area contributed by atoms with Crippen LogP contribution >= 0.6 is 34.5 Å².